The zero-order chi connectivity index (χ0) is 15.4. The highest BCUT2D eigenvalue weighted by atomic mass is 16.5. The normalized spacial score (nSPS) is 10.0. The predicted molar refractivity (Wildman–Crippen MR) is 77.0 cm³/mol. The summed E-state index contributed by atoms with van der Waals surface area (Å²) in [5, 5.41) is 13.0. The smallest absolute Gasteiger partial charge is 0.204 e. The van der Waals surface area contributed by atoms with Crippen molar-refractivity contribution in [2.45, 2.75) is 13.3 Å². The summed E-state index contributed by atoms with van der Waals surface area (Å²) in [6.07, 6.45) is -0.0302. The van der Waals surface area contributed by atoms with Crippen molar-refractivity contribution in [3.05, 3.63) is 45.9 Å². The number of methoxy groups -OCH3 is 2. The van der Waals surface area contributed by atoms with Gasteiger partial charge in [-0.05, 0) is 19.1 Å². The molecule has 0 aliphatic heterocycles. The second-order valence-corrected chi connectivity index (χ2v) is 4.38. The lowest BCUT2D eigenvalue weighted by Crippen LogP contribution is -2.18. The van der Waals surface area contributed by atoms with Gasteiger partial charge < -0.3 is 9.47 Å². The Morgan fingerprint density at radius 2 is 2.05 bits per heavy atom. The van der Waals surface area contributed by atoms with Crippen molar-refractivity contribution >= 4 is 0 Å². The Hall–Kier alpha value is -2.81. The first-order valence-electron chi connectivity index (χ1n) is 6.30. The quantitative estimate of drug-likeness (QED) is 0.853. The largest absolute Gasteiger partial charge is 0.497 e. The topological polar surface area (TPSA) is 77.1 Å². The van der Waals surface area contributed by atoms with Gasteiger partial charge in [0.15, 0.2) is 0 Å². The molecule has 0 bridgehead atoms. The summed E-state index contributed by atoms with van der Waals surface area (Å²) >= 11 is 0. The van der Waals surface area contributed by atoms with E-state index in [2.05, 4.69) is 5.10 Å². The molecule has 1 aromatic heterocycles. The molecule has 0 aliphatic rings. The zero-order valence-electron chi connectivity index (χ0n) is 12.1. The van der Waals surface area contributed by atoms with Crippen molar-refractivity contribution in [2.75, 3.05) is 14.2 Å². The minimum atomic E-state index is -0.238. The summed E-state index contributed by atoms with van der Waals surface area (Å²) < 4.78 is 12.1. The molecule has 0 N–H and O–H groups in total. The van der Waals surface area contributed by atoms with Crippen molar-refractivity contribution in [3.63, 3.8) is 0 Å². The van der Waals surface area contributed by atoms with Crippen LogP contribution in [0.2, 0.25) is 0 Å². The lowest BCUT2D eigenvalue weighted by Gasteiger charge is -2.14. The highest BCUT2D eigenvalue weighted by Gasteiger charge is 2.12. The van der Waals surface area contributed by atoms with E-state index in [9.17, 15) is 4.79 Å². The van der Waals surface area contributed by atoms with Crippen molar-refractivity contribution < 1.29 is 9.47 Å². The van der Waals surface area contributed by atoms with Crippen LogP contribution in [0.5, 0.6) is 11.5 Å². The predicted octanol–water partition coefficient (Wildman–Crippen LogP) is 1.62. The molecule has 6 nitrogen and oxygen atoms in total. The van der Waals surface area contributed by atoms with Gasteiger partial charge in [-0.3, -0.25) is 4.79 Å². The highest BCUT2D eigenvalue weighted by Crippen LogP contribution is 2.27. The maximum atomic E-state index is 11.8. The van der Waals surface area contributed by atoms with Crippen LogP contribution in [0.15, 0.2) is 29.1 Å². The van der Waals surface area contributed by atoms with E-state index in [0.717, 1.165) is 0 Å². The maximum absolute atomic E-state index is 11.8. The van der Waals surface area contributed by atoms with E-state index in [-0.39, 0.29) is 17.5 Å². The molecule has 0 aliphatic carbocycles. The second kappa shape index (κ2) is 6.09. The lowest BCUT2D eigenvalue weighted by atomic mass is 10.2. The van der Waals surface area contributed by atoms with E-state index in [1.165, 1.54) is 6.07 Å². The van der Waals surface area contributed by atoms with Gasteiger partial charge in [0, 0.05) is 17.8 Å². The van der Waals surface area contributed by atoms with Crippen LogP contribution in [0.25, 0.3) is 5.69 Å². The van der Waals surface area contributed by atoms with Crippen LogP contribution in [0.1, 0.15) is 11.4 Å². The second-order valence-electron chi connectivity index (χ2n) is 4.38. The Labute approximate surface area is 122 Å². The van der Waals surface area contributed by atoms with Gasteiger partial charge in [-0.25, -0.2) is 4.68 Å². The SMILES string of the molecule is COc1ccc(-n2nc(CC#N)c(=O)cc2C)c(OC)c1. The molecule has 1 aromatic carbocycles. The van der Waals surface area contributed by atoms with Gasteiger partial charge in [-0.2, -0.15) is 10.4 Å². The number of nitriles is 1. The van der Waals surface area contributed by atoms with E-state index < -0.39 is 0 Å². The van der Waals surface area contributed by atoms with Crippen LogP contribution < -0.4 is 14.9 Å². The minimum absolute atomic E-state index is 0.0302. The number of hydrogen-bond acceptors (Lipinski definition) is 5. The molecule has 108 valence electrons. The van der Waals surface area contributed by atoms with Crippen LogP contribution in [0.4, 0.5) is 0 Å². The molecule has 0 fully saturated rings. The van der Waals surface area contributed by atoms with Crippen molar-refractivity contribution in [2.24, 2.45) is 0 Å². The van der Waals surface area contributed by atoms with Crippen LogP contribution in [0.3, 0.4) is 0 Å². The Morgan fingerprint density at radius 1 is 1.29 bits per heavy atom. The van der Waals surface area contributed by atoms with Crippen LogP contribution in [-0.2, 0) is 6.42 Å². The zero-order valence-corrected chi connectivity index (χ0v) is 12.1. The highest BCUT2D eigenvalue weighted by molar-refractivity contribution is 5.51. The number of aromatic nitrogens is 2. The van der Waals surface area contributed by atoms with Gasteiger partial charge in [-0.1, -0.05) is 0 Å². The van der Waals surface area contributed by atoms with E-state index in [4.69, 9.17) is 14.7 Å². The summed E-state index contributed by atoms with van der Waals surface area (Å²) in [4.78, 5) is 11.8. The third-order valence-corrected chi connectivity index (χ3v) is 3.04. The van der Waals surface area contributed by atoms with Gasteiger partial charge in [-0.15, -0.1) is 0 Å². The summed E-state index contributed by atoms with van der Waals surface area (Å²) in [7, 11) is 3.12. The molecule has 2 aromatic rings. The molecule has 0 spiro atoms. The molecular formula is C15H15N3O3. The first-order chi connectivity index (χ1) is 10.1. The number of aryl methyl sites for hydroxylation is 1. The van der Waals surface area contributed by atoms with Gasteiger partial charge >= 0.3 is 0 Å². The summed E-state index contributed by atoms with van der Waals surface area (Å²) in [5.74, 6) is 1.23. The third kappa shape index (κ3) is 2.87. The van der Waals surface area contributed by atoms with E-state index in [1.807, 2.05) is 6.07 Å². The molecule has 0 unspecified atom stereocenters. The van der Waals surface area contributed by atoms with Crippen LogP contribution in [-0.4, -0.2) is 24.0 Å². The fourth-order valence-electron chi connectivity index (χ4n) is 1.98. The molecule has 0 amide bonds. The van der Waals surface area contributed by atoms with Gasteiger partial charge in [0.2, 0.25) is 5.43 Å². The van der Waals surface area contributed by atoms with E-state index >= 15 is 0 Å². The van der Waals surface area contributed by atoms with Crippen LogP contribution >= 0.6 is 0 Å². The first-order valence-corrected chi connectivity index (χ1v) is 6.30. The molecule has 0 saturated carbocycles. The van der Waals surface area contributed by atoms with E-state index in [1.54, 1.807) is 44.0 Å². The molecule has 21 heavy (non-hydrogen) atoms. The lowest BCUT2D eigenvalue weighted by molar-refractivity contribution is 0.392. The fourth-order valence-corrected chi connectivity index (χ4v) is 1.98. The average Bonchev–Trinajstić information content (AvgIpc) is 2.49. The Morgan fingerprint density at radius 3 is 2.67 bits per heavy atom. The number of hydrogen-bond donors (Lipinski definition) is 0. The molecule has 2 rings (SSSR count). The third-order valence-electron chi connectivity index (χ3n) is 3.04. The monoisotopic (exact) mass is 285 g/mol. The molecular weight excluding hydrogens is 270 g/mol. The Bertz CT molecular complexity index is 760. The molecule has 0 atom stereocenters. The molecule has 0 radical (unpaired) electrons. The Kier molecular flexibility index (Phi) is 4.24. The fraction of sp³-hybridized carbons (Fsp3) is 0.267. The average molecular weight is 285 g/mol. The summed E-state index contributed by atoms with van der Waals surface area (Å²) in [6.45, 7) is 1.77. The number of ether oxygens (including phenoxy) is 2. The first kappa shape index (κ1) is 14.6. The number of nitrogens with zero attached hydrogens (tertiary/aromatic N) is 3. The number of benzene rings is 1. The van der Waals surface area contributed by atoms with E-state index in [0.29, 0.717) is 22.9 Å². The van der Waals surface area contributed by atoms with Crippen molar-refractivity contribution in [1.29, 1.82) is 5.26 Å². The molecule has 0 saturated heterocycles. The summed E-state index contributed by atoms with van der Waals surface area (Å²) in [6, 6.07) is 8.71. The van der Waals surface area contributed by atoms with Crippen LogP contribution in [0, 0.1) is 18.3 Å². The van der Waals surface area contributed by atoms with Gasteiger partial charge in [0.25, 0.3) is 0 Å². The van der Waals surface area contributed by atoms with Gasteiger partial charge in [0.1, 0.15) is 22.9 Å². The molecule has 1 heterocycles. The minimum Gasteiger partial charge on any atom is -0.497 e. The number of rotatable bonds is 4. The Balaban J connectivity index is 2.64. The standard InChI is InChI=1S/C15H15N3O3/c1-10-8-14(19)12(6-7-16)17-18(10)13-5-4-11(20-2)9-15(13)21-3/h4-5,8-9H,6H2,1-3H3. The summed E-state index contributed by atoms with van der Waals surface area (Å²) in [5.41, 5.74) is 1.30. The van der Waals surface area contributed by atoms with Crippen molar-refractivity contribution in [1.82, 2.24) is 9.78 Å². The maximum Gasteiger partial charge on any atom is 0.204 e. The molecule has 6 heteroatoms. The van der Waals surface area contributed by atoms with Crippen molar-refractivity contribution in [3.8, 4) is 23.3 Å². The van der Waals surface area contributed by atoms with Gasteiger partial charge in [0.05, 0.1) is 26.7 Å².